The standard InChI is InChI=1S/C18H18N4O/c19-13-22-10-4-7-16(12-22)18(23)21-17-11-15(8-9-20-17)14-5-2-1-3-6-14/h1-3,5-6,8-9,11,16H,4,7,10,12H2,(H,20,21,23). The van der Waals surface area contributed by atoms with Gasteiger partial charge in [-0.1, -0.05) is 30.3 Å². The van der Waals surface area contributed by atoms with Gasteiger partial charge in [-0.15, -0.1) is 0 Å². The second kappa shape index (κ2) is 6.93. The van der Waals surface area contributed by atoms with Crippen LogP contribution in [0.25, 0.3) is 11.1 Å². The highest BCUT2D eigenvalue weighted by molar-refractivity contribution is 5.92. The summed E-state index contributed by atoms with van der Waals surface area (Å²) in [7, 11) is 0. The number of nitrogens with zero attached hydrogens (tertiary/aromatic N) is 3. The third-order valence-electron chi connectivity index (χ3n) is 4.05. The van der Waals surface area contributed by atoms with E-state index in [1.165, 1.54) is 0 Å². The number of anilines is 1. The molecule has 5 nitrogen and oxygen atoms in total. The molecule has 1 aromatic heterocycles. The number of likely N-dealkylation sites (tertiary alicyclic amines) is 1. The lowest BCUT2D eigenvalue weighted by molar-refractivity contribution is -0.121. The van der Waals surface area contributed by atoms with E-state index in [9.17, 15) is 4.79 Å². The van der Waals surface area contributed by atoms with Crippen molar-refractivity contribution in [3.8, 4) is 17.3 Å². The third kappa shape index (κ3) is 3.67. The number of piperidine rings is 1. The quantitative estimate of drug-likeness (QED) is 0.885. The number of amides is 1. The largest absolute Gasteiger partial charge is 0.310 e. The molecule has 2 aromatic rings. The fourth-order valence-electron chi connectivity index (χ4n) is 2.82. The topological polar surface area (TPSA) is 69.0 Å². The molecule has 1 atom stereocenters. The van der Waals surface area contributed by atoms with Crippen molar-refractivity contribution in [2.24, 2.45) is 5.92 Å². The van der Waals surface area contributed by atoms with Crippen LogP contribution in [0, 0.1) is 17.4 Å². The number of benzene rings is 1. The van der Waals surface area contributed by atoms with Gasteiger partial charge in [-0.05, 0) is 36.1 Å². The van der Waals surface area contributed by atoms with Gasteiger partial charge in [0.25, 0.3) is 0 Å². The molecule has 1 saturated heterocycles. The zero-order valence-electron chi connectivity index (χ0n) is 12.8. The van der Waals surface area contributed by atoms with E-state index in [-0.39, 0.29) is 11.8 Å². The molecule has 23 heavy (non-hydrogen) atoms. The maximum atomic E-state index is 12.4. The van der Waals surface area contributed by atoms with Crippen LogP contribution in [-0.2, 0) is 4.79 Å². The molecule has 0 spiro atoms. The van der Waals surface area contributed by atoms with Crippen molar-refractivity contribution in [3.05, 3.63) is 48.7 Å². The van der Waals surface area contributed by atoms with E-state index >= 15 is 0 Å². The molecule has 2 heterocycles. The van der Waals surface area contributed by atoms with Gasteiger partial charge in [0.05, 0.1) is 5.92 Å². The van der Waals surface area contributed by atoms with Gasteiger partial charge in [0.1, 0.15) is 5.82 Å². The van der Waals surface area contributed by atoms with Crippen LogP contribution in [0.4, 0.5) is 5.82 Å². The Labute approximate surface area is 135 Å². The normalized spacial score (nSPS) is 17.3. The maximum absolute atomic E-state index is 12.4. The fourth-order valence-corrected chi connectivity index (χ4v) is 2.82. The lowest BCUT2D eigenvalue weighted by Crippen LogP contribution is -2.38. The first-order valence-corrected chi connectivity index (χ1v) is 7.73. The summed E-state index contributed by atoms with van der Waals surface area (Å²) in [5.41, 5.74) is 2.09. The Kier molecular flexibility index (Phi) is 4.53. The van der Waals surface area contributed by atoms with Crippen LogP contribution in [0.1, 0.15) is 12.8 Å². The average molecular weight is 306 g/mol. The minimum absolute atomic E-state index is 0.0670. The van der Waals surface area contributed by atoms with Gasteiger partial charge in [-0.3, -0.25) is 4.79 Å². The van der Waals surface area contributed by atoms with Gasteiger partial charge in [-0.2, -0.15) is 5.26 Å². The summed E-state index contributed by atoms with van der Waals surface area (Å²) >= 11 is 0. The molecule has 1 unspecified atom stereocenters. The van der Waals surface area contributed by atoms with Gasteiger partial charge in [0.15, 0.2) is 6.19 Å². The van der Waals surface area contributed by atoms with Crippen LogP contribution in [0.2, 0.25) is 0 Å². The Balaban J connectivity index is 1.71. The van der Waals surface area contributed by atoms with Crippen LogP contribution in [0.15, 0.2) is 48.7 Å². The summed E-state index contributed by atoms with van der Waals surface area (Å²) in [6.07, 6.45) is 5.49. The summed E-state index contributed by atoms with van der Waals surface area (Å²) in [6, 6.07) is 13.8. The zero-order valence-corrected chi connectivity index (χ0v) is 12.8. The van der Waals surface area contributed by atoms with Crippen LogP contribution >= 0.6 is 0 Å². The van der Waals surface area contributed by atoms with E-state index in [0.717, 1.165) is 30.5 Å². The Morgan fingerprint density at radius 1 is 1.26 bits per heavy atom. The number of carbonyl (C=O) groups is 1. The number of nitrogens with one attached hydrogen (secondary N) is 1. The Bertz CT molecular complexity index is 723. The third-order valence-corrected chi connectivity index (χ3v) is 4.05. The van der Waals surface area contributed by atoms with Crippen molar-refractivity contribution in [1.82, 2.24) is 9.88 Å². The molecule has 116 valence electrons. The molecule has 1 aliphatic heterocycles. The minimum Gasteiger partial charge on any atom is -0.310 e. The first kappa shape index (κ1) is 15.0. The van der Waals surface area contributed by atoms with Gasteiger partial charge < -0.3 is 10.2 Å². The minimum atomic E-state index is -0.161. The summed E-state index contributed by atoms with van der Waals surface area (Å²) < 4.78 is 0. The number of hydrogen-bond acceptors (Lipinski definition) is 4. The number of hydrogen-bond donors (Lipinski definition) is 1. The lowest BCUT2D eigenvalue weighted by atomic mass is 9.97. The lowest BCUT2D eigenvalue weighted by Gasteiger charge is -2.27. The van der Waals surface area contributed by atoms with E-state index in [1.54, 1.807) is 11.1 Å². The Hall–Kier alpha value is -2.87. The van der Waals surface area contributed by atoms with Crippen molar-refractivity contribution < 1.29 is 4.79 Å². The van der Waals surface area contributed by atoms with Gasteiger partial charge in [0.2, 0.25) is 5.91 Å². The molecule has 0 saturated carbocycles. The van der Waals surface area contributed by atoms with Crippen molar-refractivity contribution in [3.63, 3.8) is 0 Å². The smallest absolute Gasteiger partial charge is 0.230 e. The molecular weight excluding hydrogens is 288 g/mol. The van der Waals surface area contributed by atoms with E-state index < -0.39 is 0 Å². The molecule has 0 bridgehead atoms. The van der Waals surface area contributed by atoms with Gasteiger partial charge >= 0.3 is 0 Å². The first-order chi connectivity index (χ1) is 11.3. The van der Waals surface area contributed by atoms with Crippen molar-refractivity contribution in [1.29, 1.82) is 5.26 Å². The number of carbonyl (C=O) groups excluding carboxylic acids is 1. The van der Waals surface area contributed by atoms with E-state index in [1.807, 2.05) is 42.5 Å². The zero-order chi connectivity index (χ0) is 16.1. The number of rotatable bonds is 3. The van der Waals surface area contributed by atoms with Crippen LogP contribution < -0.4 is 5.32 Å². The molecule has 1 aromatic carbocycles. The van der Waals surface area contributed by atoms with Crippen molar-refractivity contribution >= 4 is 11.7 Å². The van der Waals surface area contributed by atoms with Crippen LogP contribution in [0.3, 0.4) is 0 Å². The van der Waals surface area contributed by atoms with E-state index in [0.29, 0.717) is 12.4 Å². The van der Waals surface area contributed by atoms with Crippen LogP contribution in [0.5, 0.6) is 0 Å². The second-order valence-corrected chi connectivity index (χ2v) is 5.67. The van der Waals surface area contributed by atoms with Gasteiger partial charge in [-0.25, -0.2) is 4.98 Å². The highest BCUT2D eigenvalue weighted by atomic mass is 16.2. The highest BCUT2D eigenvalue weighted by Crippen LogP contribution is 2.22. The van der Waals surface area contributed by atoms with Crippen LogP contribution in [-0.4, -0.2) is 28.9 Å². The molecule has 0 radical (unpaired) electrons. The highest BCUT2D eigenvalue weighted by Gasteiger charge is 2.25. The predicted octanol–water partition coefficient (Wildman–Crippen LogP) is 2.88. The Morgan fingerprint density at radius 3 is 2.87 bits per heavy atom. The van der Waals surface area contributed by atoms with E-state index in [2.05, 4.69) is 16.5 Å². The molecule has 1 N–H and O–H groups in total. The summed E-state index contributed by atoms with van der Waals surface area (Å²) in [5, 5.41) is 11.9. The predicted molar refractivity (Wildman–Crippen MR) is 88.2 cm³/mol. The molecule has 1 amide bonds. The number of nitriles is 1. The SMILES string of the molecule is N#CN1CCCC(C(=O)Nc2cc(-c3ccccc3)ccn2)C1. The molecule has 5 heteroatoms. The maximum Gasteiger partial charge on any atom is 0.230 e. The summed E-state index contributed by atoms with van der Waals surface area (Å²) in [6.45, 7) is 1.22. The summed E-state index contributed by atoms with van der Waals surface area (Å²) in [5.74, 6) is 0.318. The second-order valence-electron chi connectivity index (χ2n) is 5.67. The molecular formula is C18H18N4O. The van der Waals surface area contributed by atoms with Crippen molar-refractivity contribution in [2.45, 2.75) is 12.8 Å². The fraction of sp³-hybridized carbons (Fsp3) is 0.278. The van der Waals surface area contributed by atoms with Gasteiger partial charge in [0, 0.05) is 19.3 Å². The Morgan fingerprint density at radius 2 is 2.09 bits per heavy atom. The molecule has 1 fully saturated rings. The monoisotopic (exact) mass is 306 g/mol. The summed E-state index contributed by atoms with van der Waals surface area (Å²) in [4.78, 5) is 18.3. The van der Waals surface area contributed by atoms with E-state index in [4.69, 9.17) is 5.26 Å². The molecule has 0 aliphatic carbocycles. The average Bonchev–Trinajstić information content (AvgIpc) is 2.63. The van der Waals surface area contributed by atoms with Crippen molar-refractivity contribution in [2.75, 3.05) is 18.4 Å². The number of pyridine rings is 1. The first-order valence-electron chi connectivity index (χ1n) is 7.73. The molecule has 1 aliphatic rings. The number of aromatic nitrogens is 1. The molecule has 3 rings (SSSR count).